The zero-order valence-electron chi connectivity index (χ0n) is 31.9. The van der Waals surface area contributed by atoms with E-state index in [9.17, 15) is 0 Å². The molecule has 2 aromatic heterocycles. The van der Waals surface area contributed by atoms with Crippen molar-refractivity contribution < 1.29 is 0 Å². The fourth-order valence-corrected chi connectivity index (χ4v) is 9.22. The summed E-state index contributed by atoms with van der Waals surface area (Å²) >= 11 is 0. The van der Waals surface area contributed by atoms with E-state index in [1.807, 2.05) is 36.4 Å². The molecule has 0 saturated carbocycles. The van der Waals surface area contributed by atoms with Crippen molar-refractivity contribution in [2.75, 3.05) is 0 Å². The van der Waals surface area contributed by atoms with Crippen molar-refractivity contribution in [2.45, 2.75) is 0 Å². The molecule has 0 aliphatic heterocycles. The summed E-state index contributed by atoms with van der Waals surface area (Å²) in [6.07, 6.45) is 0. The van der Waals surface area contributed by atoms with Crippen molar-refractivity contribution in [1.29, 1.82) is 0 Å². The SMILES string of the molecule is c1ccc(-c2nc(-c3ccccc3)nc(-c3ccc(-c4cccc5c6cc(-n7c8ccccc8c8ccccc87)ccc6c6ccccc6c45)c4ccccc34)n2)cc1. The maximum absolute atomic E-state index is 5.12. The van der Waals surface area contributed by atoms with E-state index in [0.717, 1.165) is 33.2 Å². The van der Waals surface area contributed by atoms with Crippen molar-refractivity contribution in [2.24, 2.45) is 0 Å². The van der Waals surface area contributed by atoms with Crippen LogP contribution in [-0.2, 0) is 0 Å². The maximum atomic E-state index is 5.12. The van der Waals surface area contributed by atoms with E-state index in [1.54, 1.807) is 0 Å². The first-order valence-corrected chi connectivity index (χ1v) is 20.0. The molecular weight excluding hydrogens is 717 g/mol. The van der Waals surface area contributed by atoms with Gasteiger partial charge in [0.05, 0.1) is 11.0 Å². The summed E-state index contributed by atoms with van der Waals surface area (Å²) in [6.45, 7) is 0. The van der Waals surface area contributed by atoms with E-state index in [-0.39, 0.29) is 0 Å². The molecule has 274 valence electrons. The number of hydrogen-bond donors (Lipinski definition) is 0. The van der Waals surface area contributed by atoms with Gasteiger partial charge < -0.3 is 4.57 Å². The van der Waals surface area contributed by atoms with Crippen LogP contribution in [0.15, 0.2) is 206 Å². The summed E-state index contributed by atoms with van der Waals surface area (Å²) < 4.78 is 2.41. The molecule has 2 heterocycles. The average molecular weight is 751 g/mol. The van der Waals surface area contributed by atoms with Crippen molar-refractivity contribution in [3.63, 3.8) is 0 Å². The van der Waals surface area contributed by atoms with Crippen LogP contribution in [0.4, 0.5) is 0 Å². The van der Waals surface area contributed by atoms with Crippen LogP contribution in [0.1, 0.15) is 0 Å². The molecule has 4 heteroatoms. The Morgan fingerprint density at radius 1 is 0.271 bits per heavy atom. The molecule has 59 heavy (non-hydrogen) atoms. The lowest BCUT2D eigenvalue weighted by atomic mass is 9.87. The Hall–Kier alpha value is -7.95. The number of para-hydroxylation sites is 2. The van der Waals surface area contributed by atoms with Gasteiger partial charge in [-0.2, -0.15) is 0 Å². The van der Waals surface area contributed by atoms with Gasteiger partial charge in [0.25, 0.3) is 0 Å². The highest BCUT2D eigenvalue weighted by Crippen LogP contribution is 2.44. The second kappa shape index (κ2) is 13.3. The Balaban J connectivity index is 1.10. The first-order valence-electron chi connectivity index (χ1n) is 20.0. The Morgan fingerprint density at radius 2 is 0.729 bits per heavy atom. The van der Waals surface area contributed by atoms with Gasteiger partial charge in [0.15, 0.2) is 17.5 Å². The molecule has 0 aliphatic rings. The van der Waals surface area contributed by atoms with E-state index in [0.29, 0.717) is 17.5 Å². The molecule has 0 unspecified atom stereocenters. The second-order valence-corrected chi connectivity index (χ2v) is 15.1. The molecule has 0 spiro atoms. The van der Waals surface area contributed by atoms with E-state index in [1.165, 1.54) is 65.3 Å². The molecule has 10 aromatic carbocycles. The van der Waals surface area contributed by atoms with Crippen LogP contribution in [-0.4, -0.2) is 19.5 Å². The van der Waals surface area contributed by atoms with Gasteiger partial charge in [-0.05, 0) is 84.5 Å². The van der Waals surface area contributed by atoms with E-state index in [2.05, 4.69) is 174 Å². The quantitative estimate of drug-likeness (QED) is 0.165. The predicted octanol–water partition coefficient (Wildman–Crippen LogP) is 14.2. The normalized spacial score (nSPS) is 11.7. The van der Waals surface area contributed by atoms with Crippen molar-refractivity contribution >= 4 is 64.9 Å². The van der Waals surface area contributed by atoms with Crippen LogP contribution < -0.4 is 0 Å². The molecule has 0 fully saturated rings. The number of fused-ring (bicyclic) bond motifs is 10. The number of benzene rings is 10. The second-order valence-electron chi connectivity index (χ2n) is 15.1. The lowest BCUT2D eigenvalue weighted by Gasteiger charge is -2.18. The molecule has 0 atom stereocenters. The highest BCUT2D eigenvalue weighted by Gasteiger charge is 2.20. The Bertz CT molecular complexity index is 3500. The summed E-state index contributed by atoms with van der Waals surface area (Å²) in [4.78, 5) is 15.2. The van der Waals surface area contributed by atoms with Gasteiger partial charge in [0, 0.05) is 33.2 Å². The van der Waals surface area contributed by atoms with Crippen molar-refractivity contribution in [3.05, 3.63) is 206 Å². The average Bonchev–Trinajstić information content (AvgIpc) is 3.66. The van der Waals surface area contributed by atoms with Crippen LogP contribution in [0.5, 0.6) is 0 Å². The van der Waals surface area contributed by atoms with Gasteiger partial charge in [-0.1, -0.05) is 176 Å². The molecule has 12 aromatic rings. The van der Waals surface area contributed by atoms with Gasteiger partial charge in [0.2, 0.25) is 0 Å². The van der Waals surface area contributed by atoms with Crippen molar-refractivity contribution in [3.8, 4) is 51.0 Å². The van der Waals surface area contributed by atoms with Crippen LogP contribution in [0.2, 0.25) is 0 Å². The Morgan fingerprint density at radius 3 is 1.37 bits per heavy atom. The van der Waals surface area contributed by atoms with Gasteiger partial charge in [-0.15, -0.1) is 0 Å². The van der Waals surface area contributed by atoms with E-state index >= 15 is 0 Å². The number of hydrogen-bond acceptors (Lipinski definition) is 3. The third-order valence-electron chi connectivity index (χ3n) is 11.8. The molecule has 0 bridgehead atoms. The molecular formula is C55H34N4. The van der Waals surface area contributed by atoms with Crippen LogP contribution in [0.25, 0.3) is 116 Å². The Labute approximate surface area is 340 Å². The fourth-order valence-electron chi connectivity index (χ4n) is 9.22. The van der Waals surface area contributed by atoms with Gasteiger partial charge in [0.1, 0.15) is 0 Å². The molecule has 0 aliphatic carbocycles. The third kappa shape index (κ3) is 5.27. The largest absolute Gasteiger partial charge is 0.309 e. The molecule has 0 saturated heterocycles. The summed E-state index contributed by atoms with van der Waals surface area (Å²) in [5.41, 5.74) is 8.78. The fraction of sp³-hybridized carbons (Fsp3) is 0. The summed E-state index contributed by atoms with van der Waals surface area (Å²) in [6, 6.07) is 73.5. The predicted molar refractivity (Wildman–Crippen MR) is 246 cm³/mol. The summed E-state index contributed by atoms with van der Waals surface area (Å²) in [5, 5.41) is 12.2. The van der Waals surface area contributed by atoms with Crippen LogP contribution in [0.3, 0.4) is 0 Å². The molecule has 0 amide bonds. The number of aromatic nitrogens is 4. The molecule has 0 N–H and O–H groups in total. The molecule has 12 rings (SSSR count). The Kier molecular flexibility index (Phi) is 7.50. The molecule has 0 radical (unpaired) electrons. The minimum Gasteiger partial charge on any atom is -0.309 e. The van der Waals surface area contributed by atoms with Gasteiger partial charge >= 0.3 is 0 Å². The van der Waals surface area contributed by atoms with Crippen molar-refractivity contribution in [1.82, 2.24) is 19.5 Å². The van der Waals surface area contributed by atoms with Crippen LogP contribution in [0, 0.1) is 0 Å². The highest BCUT2D eigenvalue weighted by molar-refractivity contribution is 6.29. The zero-order chi connectivity index (χ0) is 38.9. The summed E-state index contributed by atoms with van der Waals surface area (Å²) in [5.74, 6) is 1.94. The minimum absolute atomic E-state index is 0.646. The third-order valence-corrected chi connectivity index (χ3v) is 11.8. The first kappa shape index (κ1) is 33.2. The smallest absolute Gasteiger partial charge is 0.164 e. The number of rotatable bonds is 5. The maximum Gasteiger partial charge on any atom is 0.164 e. The monoisotopic (exact) mass is 750 g/mol. The first-order chi connectivity index (χ1) is 29.3. The van der Waals surface area contributed by atoms with Gasteiger partial charge in [-0.25, -0.2) is 15.0 Å². The topological polar surface area (TPSA) is 43.6 Å². The number of nitrogens with zero attached hydrogens (tertiary/aromatic N) is 4. The lowest BCUT2D eigenvalue weighted by molar-refractivity contribution is 1.08. The zero-order valence-corrected chi connectivity index (χ0v) is 31.9. The highest BCUT2D eigenvalue weighted by atomic mass is 15.0. The minimum atomic E-state index is 0.646. The van der Waals surface area contributed by atoms with Crippen LogP contribution >= 0.6 is 0 Å². The standard InChI is InChI=1S/C55H34N4/c1-3-16-35(17-4-1)53-56-54(36-18-5-2-6-19-36)58-55(57-53)48-33-32-41(38-20-7-8-22-40(38)48)46-26-15-27-47-49-34-37(30-31-42(49)39-21-9-10-25-45(39)52(46)47)59-50-28-13-11-23-43(50)44-24-12-14-29-51(44)59/h1-34H. The molecule has 4 nitrogen and oxygen atoms in total. The van der Waals surface area contributed by atoms with E-state index < -0.39 is 0 Å². The lowest BCUT2D eigenvalue weighted by Crippen LogP contribution is -2.00. The van der Waals surface area contributed by atoms with Gasteiger partial charge in [-0.3, -0.25) is 0 Å². The van der Waals surface area contributed by atoms with E-state index in [4.69, 9.17) is 15.0 Å². The summed E-state index contributed by atoms with van der Waals surface area (Å²) in [7, 11) is 0.